The molecule has 19 heavy (non-hydrogen) atoms. The zero-order valence-electron chi connectivity index (χ0n) is 12.1. The van der Waals surface area contributed by atoms with Gasteiger partial charge in [0.15, 0.2) is 5.79 Å². The molecule has 110 valence electrons. The molecule has 0 unspecified atom stereocenters. The molecule has 1 heterocycles. The quantitative estimate of drug-likeness (QED) is 0.452. The molecule has 0 saturated carbocycles. The summed E-state index contributed by atoms with van der Waals surface area (Å²) < 4.78 is 22.6. The van der Waals surface area contributed by atoms with Crippen molar-refractivity contribution in [1.82, 2.24) is 0 Å². The Morgan fingerprint density at radius 3 is 1.74 bits per heavy atom. The molecule has 0 aromatic heterocycles. The first kappa shape index (κ1) is 16.4. The van der Waals surface area contributed by atoms with Crippen LogP contribution in [0, 0.1) is 0 Å². The summed E-state index contributed by atoms with van der Waals surface area (Å²) in [7, 11) is 0. The summed E-state index contributed by atoms with van der Waals surface area (Å²) in [5, 5.41) is 0. The van der Waals surface area contributed by atoms with Crippen LogP contribution in [0.4, 0.5) is 0 Å². The third-order valence-corrected chi connectivity index (χ3v) is 2.85. The van der Waals surface area contributed by atoms with Crippen LogP contribution in [0.15, 0.2) is 25.3 Å². The molecule has 1 rings (SSSR count). The maximum absolute atomic E-state index is 5.89. The van der Waals surface area contributed by atoms with Crippen molar-refractivity contribution in [3.63, 3.8) is 0 Å². The van der Waals surface area contributed by atoms with Crippen LogP contribution in [0.25, 0.3) is 0 Å². The van der Waals surface area contributed by atoms with Gasteiger partial charge in [0, 0.05) is 13.2 Å². The zero-order chi connectivity index (χ0) is 14.1. The van der Waals surface area contributed by atoms with Crippen molar-refractivity contribution in [3.05, 3.63) is 25.3 Å². The molecule has 1 saturated heterocycles. The van der Waals surface area contributed by atoms with Crippen molar-refractivity contribution in [2.24, 2.45) is 0 Å². The van der Waals surface area contributed by atoms with Crippen LogP contribution in [0.1, 0.15) is 26.7 Å². The predicted octanol–water partition coefficient (Wildman–Crippen LogP) is 2.69. The third kappa shape index (κ3) is 6.34. The molecule has 0 aliphatic carbocycles. The second-order valence-electron chi connectivity index (χ2n) is 5.02. The van der Waals surface area contributed by atoms with E-state index in [1.54, 1.807) is 12.2 Å². The van der Waals surface area contributed by atoms with Gasteiger partial charge in [-0.3, -0.25) is 0 Å². The first-order valence-electron chi connectivity index (χ1n) is 6.82. The van der Waals surface area contributed by atoms with Gasteiger partial charge < -0.3 is 18.9 Å². The molecular formula is C15H26O4. The van der Waals surface area contributed by atoms with Crippen molar-refractivity contribution >= 4 is 0 Å². The Morgan fingerprint density at radius 2 is 1.37 bits per heavy atom. The van der Waals surface area contributed by atoms with Crippen molar-refractivity contribution in [1.29, 1.82) is 0 Å². The fourth-order valence-corrected chi connectivity index (χ4v) is 2.13. The normalized spacial score (nSPS) is 25.4. The van der Waals surface area contributed by atoms with E-state index in [0.717, 1.165) is 12.8 Å². The second kappa shape index (κ2) is 8.48. The number of hydrogen-bond acceptors (Lipinski definition) is 4. The molecule has 0 aromatic carbocycles. The Bertz CT molecular complexity index is 249. The van der Waals surface area contributed by atoms with E-state index in [2.05, 4.69) is 13.2 Å². The summed E-state index contributed by atoms with van der Waals surface area (Å²) in [4.78, 5) is 0. The van der Waals surface area contributed by atoms with Crippen LogP contribution < -0.4 is 0 Å². The van der Waals surface area contributed by atoms with E-state index in [1.165, 1.54) is 0 Å². The van der Waals surface area contributed by atoms with E-state index < -0.39 is 5.79 Å². The third-order valence-electron chi connectivity index (χ3n) is 2.85. The Balaban J connectivity index is 2.32. The molecule has 0 N–H and O–H groups in total. The number of rotatable bonds is 10. The molecule has 0 radical (unpaired) electrons. The van der Waals surface area contributed by atoms with Crippen molar-refractivity contribution in [3.8, 4) is 0 Å². The van der Waals surface area contributed by atoms with Crippen LogP contribution in [0.5, 0.6) is 0 Å². The van der Waals surface area contributed by atoms with Crippen LogP contribution in [0.2, 0.25) is 0 Å². The monoisotopic (exact) mass is 270 g/mol. The lowest BCUT2D eigenvalue weighted by molar-refractivity contribution is -0.148. The highest BCUT2D eigenvalue weighted by Crippen LogP contribution is 2.31. The lowest BCUT2D eigenvalue weighted by atomic mass is 10.1. The molecule has 0 amide bonds. The van der Waals surface area contributed by atoms with Gasteiger partial charge >= 0.3 is 0 Å². The highest BCUT2D eigenvalue weighted by atomic mass is 16.8. The van der Waals surface area contributed by atoms with E-state index in [1.807, 2.05) is 13.8 Å². The molecular weight excluding hydrogens is 244 g/mol. The fourth-order valence-electron chi connectivity index (χ4n) is 2.13. The number of hydrogen-bond donors (Lipinski definition) is 0. The van der Waals surface area contributed by atoms with Gasteiger partial charge in [0.25, 0.3) is 0 Å². The molecule has 1 fully saturated rings. The summed E-state index contributed by atoms with van der Waals surface area (Å²) in [6.07, 6.45) is 5.26. The van der Waals surface area contributed by atoms with Gasteiger partial charge in [-0.2, -0.15) is 0 Å². The van der Waals surface area contributed by atoms with Crippen LogP contribution >= 0.6 is 0 Å². The maximum Gasteiger partial charge on any atom is 0.163 e. The van der Waals surface area contributed by atoms with Gasteiger partial charge in [0.1, 0.15) is 0 Å². The minimum atomic E-state index is -0.522. The van der Waals surface area contributed by atoms with Crippen LogP contribution in [-0.4, -0.2) is 44.4 Å². The zero-order valence-corrected chi connectivity index (χ0v) is 12.1. The lowest BCUT2D eigenvalue weighted by Crippen LogP contribution is -2.25. The number of ether oxygens (including phenoxy) is 4. The Labute approximate surface area is 116 Å². The topological polar surface area (TPSA) is 36.9 Å². The summed E-state index contributed by atoms with van der Waals surface area (Å²) in [6.45, 7) is 13.6. The smallest absolute Gasteiger partial charge is 0.163 e. The van der Waals surface area contributed by atoms with E-state index in [0.29, 0.717) is 26.4 Å². The summed E-state index contributed by atoms with van der Waals surface area (Å²) in [5.74, 6) is -0.522. The van der Waals surface area contributed by atoms with Crippen LogP contribution in [0.3, 0.4) is 0 Å². The van der Waals surface area contributed by atoms with Crippen molar-refractivity contribution < 1.29 is 18.9 Å². The Hall–Kier alpha value is -0.680. The van der Waals surface area contributed by atoms with Gasteiger partial charge in [-0.25, -0.2) is 0 Å². The summed E-state index contributed by atoms with van der Waals surface area (Å²) >= 11 is 0. The first-order valence-corrected chi connectivity index (χ1v) is 6.82. The predicted molar refractivity (Wildman–Crippen MR) is 75.1 cm³/mol. The first-order chi connectivity index (χ1) is 9.09. The molecule has 4 heteroatoms. The average Bonchev–Trinajstić information content (AvgIpc) is 2.65. The van der Waals surface area contributed by atoms with Crippen molar-refractivity contribution in [2.45, 2.75) is 44.7 Å². The van der Waals surface area contributed by atoms with Crippen LogP contribution in [-0.2, 0) is 18.9 Å². The SMILES string of the molecule is C=CCOCC[C@@H]1OC(C)(C)O[C@@H]1CCOCC=C. The van der Waals surface area contributed by atoms with E-state index in [4.69, 9.17) is 18.9 Å². The summed E-state index contributed by atoms with van der Waals surface area (Å²) in [5.41, 5.74) is 0. The van der Waals surface area contributed by atoms with E-state index >= 15 is 0 Å². The van der Waals surface area contributed by atoms with Gasteiger partial charge in [-0.15, -0.1) is 13.2 Å². The average molecular weight is 270 g/mol. The largest absolute Gasteiger partial charge is 0.377 e. The summed E-state index contributed by atoms with van der Waals surface area (Å²) in [6, 6.07) is 0. The van der Waals surface area contributed by atoms with E-state index in [9.17, 15) is 0 Å². The Morgan fingerprint density at radius 1 is 0.947 bits per heavy atom. The minimum absolute atomic E-state index is 0.0622. The van der Waals surface area contributed by atoms with Gasteiger partial charge in [0.2, 0.25) is 0 Å². The molecule has 1 aliphatic heterocycles. The molecule has 0 aromatic rings. The minimum Gasteiger partial charge on any atom is -0.377 e. The highest BCUT2D eigenvalue weighted by molar-refractivity contribution is 4.81. The molecule has 2 atom stereocenters. The second-order valence-corrected chi connectivity index (χ2v) is 5.02. The lowest BCUT2D eigenvalue weighted by Gasteiger charge is -2.16. The molecule has 1 aliphatic rings. The van der Waals surface area contributed by atoms with Gasteiger partial charge in [0.05, 0.1) is 25.4 Å². The van der Waals surface area contributed by atoms with Gasteiger partial charge in [-0.05, 0) is 26.7 Å². The molecule has 0 bridgehead atoms. The maximum atomic E-state index is 5.89. The highest BCUT2D eigenvalue weighted by Gasteiger charge is 2.40. The standard InChI is InChI=1S/C15H26O4/c1-5-9-16-11-7-13-14(8-12-17-10-6-2)19-15(3,4)18-13/h5-6,13-14H,1-2,7-12H2,3-4H3/t13-,14+. The van der Waals surface area contributed by atoms with Crippen molar-refractivity contribution in [2.75, 3.05) is 26.4 Å². The molecule has 4 nitrogen and oxygen atoms in total. The fraction of sp³-hybridized carbons (Fsp3) is 0.733. The van der Waals surface area contributed by atoms with E-state index in [-0.39, 0.29) is 12.2 Å². The van der Waals surface area contributed by atoms with Gasteiger partial charge in [-0.1, -0.05) is 12.2 Å². The Kier molecular flexibility index (Phi) is 7.31. The molecule has 0 spiro atoms.